The summed E-state index contributed by atoms with van der Waals surface area (Å²) < 4.78 is 43.5. The summed E-state index contributed by atoms with van der Waals surface area (Å²) in [5.74, 6) is -0.522. The van der Waals surface area contributed by atoms with E-state index in [1.807, 2.05) is 0 Å². The molecule has 1 heterocycles. The summed E-state index contributed by atoms with van der Waals surface area (Å²) in [5, 5.41) is 6.36. The van der Waals surface area contributed by atoms with E-state index in [0.717, 1.165) is 10.7 Å². The molecule has 0 spiro atoms. The van der Waals surface area contributed by atoms with E-state index in [-0.39, 0.29) is 13.2 Å². The number of esters is 1. The molecule has 1 aromatic heterocycles. The monoisotopic (exact) mass is 293 g/mol. The van der Waals surface area contributed by atoms with E-state index in [0.29, 0.717) is 6.54 Å². The van der Waals surface area contributed by atoms with Crippen molar-refractivity contribution >= 4 is 5.97 Å². The lowest BCUT2D eigenvalue weighted by Gasteiger charge is -2.27. The molecule has 0 saturated carbocycles. The lowest BCUT2D eigenvalue weighted by Crippen LogP contribution is -2.53. The normalized spacial score (nSPS) is 14.9. The third-order valence-corrected chi connectivity index (χ3v) is 2.70. The van der Waals surface area contributed by atoms with E-state index < -0.39 is 23.4 Å². The molecule has 0 aliphatic carbocycles. The van der Waals surface area contributed by atoms with Crippen LogP contribution in [0.1, 0.15) is 26.5 Å². The van der Waals surface area contributed by atoms with Gasteiger partial charge in [0.1, 0.15) is 5.54 Å². The lowest BCUT2D eigenvalue weighted by atomic mass is 10.0. The number of aromatic nitrogens is 2. The van der Waals surface area contributed by atoms with Gasteiger partial charge in [-0.1, -0.05) is 6.92 Å². The van der Waals surface area contributed by atoms with Crippen LogP contribution in [-0.2, 0) is 22.3 Å². The molecule has 1 rings (SSSR count). The van der Waals surface area contributed by atoms with E-state index in [2.05, 4.69) is 10.4 Å². The fourth-order valence-corrected chi connectivity index (χ4v) is 1.80. The number of hydrogen-bond donors (Lipinski definition) is 1. The summed E-state index contributed by atoms with van der Waals surface area (Å²) in [6, 6.07) is 0.873. The van der Waals surface area contributed by atoms with Crippen LogP contribution in [0.4, 0.5) is 13.2 Å². The number of rotatable bonds is 6. The molecule has 1 atom stereocenters. The smallest absolute Gasteiger partial charge is 0.435 e. The highest BCUT2D eigenvalue weighted by molar-refractivity contribution is 5.80. The minimum absolute atomic E-state index is 0.0459. The van der Waals surface area contributed by atoms with Crippen molar-refractivity contribution in [3.63, 3.8) is 0 Å². The second kappa shape index (κ2) is 6.25. The van der Waals surface area contributed by atoms with Gasteiger partial charge < -0.3 is 10.1 Å². The molecule has 0 bridgehead atoms. The summed E-state index contributed by atoms with van der Waals surface area (Å²) in [6.07, 6.45) is -3.30. The van der Waals surface area contributed by atoms with Crippen LogP contribution in [0, 0.1) is 0 Å². The van der Waals surface area contributed by atoms with Gasteiger partial charge in [0, 0.05) is 6.20 Å². The molecule has 8 heteroatoms. The second-order valence-electron chi connectivity index (χ2n) is 4.48. The van der Waals surface area contributed by atoms with Crippen LogP contribution >= 0.6 is 0 Å². The number of halogens is 3. The molecule has 1 N–H and O–H groups in total. The Labute approximate surface area is 115 Å². The number of hydrogen-bond acceptors (Lipinski definition) is 4. The van der Waals surface area contributed by atoms with Crippen molar-refractivity contribution in [1.82, 2.24) is 15.1 Å². The summed E-state index contributed by atoms with van der Waals surface area (Å²) in [6.45, 7) is 5.66. The number of ether oxygens (including phenoxy) is 1. The Morgan fingerprint density at radius 2 is 2.10 bits per heavy atom. The third kappa shape index (κ3) is 3.96. The number of nitrogens with one attached hydrogen (secondary N) is 1. The molecule has 0 amide bonds. The third-order valence-electron chi connectivity index (χ3n) is 2.70. The first-order valence-corrected chi connectivity index (χ1v) is 6.26. The van der Waals surface area contributed by atoms with Gasteiger partial charge in [0.25, 0.3) is 0 Å². The zero-order valence-corrected chi connectivity index (χ0v) is 11.6. The Morgan fingerprint density at radius 1 is 1.45 bits per heavy atom. The summed E-state index contributed by atoms with van der Waals surface area (Å²) in [5.41, 5.74) is -2.11. The number of nitrogens with zero attached hydrogens (tertiary/aromatic N) is 2. The maximum absolute atomic E-state index is 12.5. The van der Waals surface area contributed by atoms with Crippen molar-refractivity contribution in [1.29, 1.82) is 0 Å². The number of likely N-dealkylation sites (N-methyl/N-ethyl adjacent to an activating group) is 1. The molecule has 5 nitrogen and oxygen atoms in total. The van der Waals surface area contributed by atoms with E-state index in [1.165, 1.54) is 6.20 Å². The predicted molar refractivity (Wildman–Crippen MR) is 65.9 cm³/mol. The van der Waals surface area contributed by atoms with Crippen molar-refractivity contribution in [3.8, 4) is 0 Å². The SMILES string of the molecule is CCNC(C)(Cn1ccc(C(F)(F)F)n1)C(=O)OCC. The average Bonchev–Trinajstić information content (AvgIpc) is 2.77. The van der Waals surface area contributed by atoms with Gasteiger partial charge in [0.05, 0.1) is 13.2 Å². The number of alkyl halides is 3. The van der Waals surface area contributed by atoms with Crippen molar-refractivity contribution in [2.45, 2.75) is 39.0 Å². The molecule has 114 valence electrons. The molecule has 20 heavy (non-hydrogen) atoms. The van der Waals surface area contributed by atoms with Crippen molar-refractivity contribution < 1.29 is 22.7 Å². The zero-order chi connectivity index (χ0) is 15.4. The molecule has 0 aliphatic heterocycles. The second-order valence-corrected chi connectivity index (χ2v) is 4.48. The lowest BCUT2D eigenvalue weighted by molar-refractivity contribution is -0.151. The molecule has 0 saturated heterocycles. The van der Waals surface area contributed by atoms with Gasteiger partial charge in [-0.15, -0.1) is 0 Å². The van der Waals surface area contributed by atoms with Gasteiger partial charge in [0.2, 0.25) is 0 Å². The maximum atomic E-state index is 12.5. The first kappa shape index (κ1) is 16.5. The Bertz CT molecular complexity index is 459. The number of carbonyl (C=O) groups excluding carboxylic acids is 1. The van der Waals surface area contributed by atoms with E-state index in [9.17, 15) is 18.0 Å². The highest BCUT2D eigenvalue weighted by Crippen LogP contribution is 2.27. The van der Waals surface area contributed by atoms with Gasteiger partial charge in [-0.2, -0.15) is 18.3 Å². The van der Waals surface area contributed by atoms with E-state index in [1.54, 1.807) is 20.8 Å². The van der Waals surface area contributed by atoms with Crippen molar-refractivity contribution in [2.24, 2.45) is 0 Å². The Balaban J connectivity index is 2.90. The van der Waals surface area contributed by atoms with Gasteiger partial charge in [0.15, 0.2) is 5.69 Å². The molecule has 0 fully saturated rings. The minimum Gasteiger partial charge on any atom is -0.465 e. The van der Waals surface area contributed by atoms with Crippen molar-refractivity contribution in [2.75, 3.05) is 13.2 Å². The van der Waals surface area contributed by atoms with Crippen LogP contribution in [0.5, 0.6) is 0 Å². The maximum Gasteiger partial charge on any atom is 0.435 e. The summed E-state index contributed by atoms with van der Waals surface area (Å²) in [4.78, 5) is 11.9. The predicted octanol–water partition coefficient (Wildman–Crippen LogP) is 1.83. The van der Waals surface area contributed by atoms with Crippen LogP contribution in [0.15, 0.2) is 12.3 Å². The molecule has 0 radical (unpaired) electrons. The van der Waals surface area contributed by atoms with Gasteiger partial charge in [-0.05, 0) is 26.5 Å². The first-order chi connectivity index (χ1) is 9.23. The molecule has 1 aromatic rings. The average molecular weight is 293 g/mol. The van der Waals surface area contributed by atoms with E-state index >= 15 is 0 Å². The summed E-state index contributed by atoms with van der Waals surface area (Å²) >= 11 is 0. The molecule has 0 aromatic carbocycles. The quantitative estimate of drug-likeness (QED) is 0.813. The minimum atomic E-state index is -4.50. The van der Waals surface area contributed by atoms with Gasteiger partial charge in [-0.25, -0.2) is 4.79 Å². The van der Waals surface area contributed by atoms with Crippen LogP contribution in [0.25, 0.3) is 0 Å². The Hall–Kier alpha value is -1.57. The van der Waals surface area contributed by atoms with Crippen LogP contribution < -0.4 is 5.32 Å². The Kier molecular flexibility index (Phi) is 5.15. The Morgan fingerprint density at radius 3 is 2.55 bits per heavy atom. The van der Waals surface area contributed by atoms with Gasteiger partial charge >= 0.3 is 12.1 Å². The standard InChI is InChI=1S/C12H18F3N3O2/c1-4-16-11(3,10(19)20-5-2)8-18-7-6-9(17-18)12(13,14)15/h6-7,16H,4-5,8H2,1-3H3. The fraction of sp³-hybridized carbons (Fsp3) is 0.667. The number of carbonyl (C=O) groups is 1. The largest absolute Gasteiger partial charge is 0.465 e. The fourth-order valence-electron chi connectivity index (χ4n) is 1.80. The van der Waals surface area contributed by atoms with Crippen LogP contribution in [0.2, 0.25) is 0 Å². The van der Waals surface area contributed by atoms with E-state index in [4.69, 9.17) is 4.74 Å². The molecular formula is C12H18F3N3O2. The topological polar surface area (TPSA) is 56.2 Å². The highest BCUT2D eigenvalue weighted by Gasteiger charge is 2.37. The molecule has 1 unspecified atom stereocenters. The van der Waals surface area contributed by atoms with Crippen LogP contribution in [-0.4, -0.2) is 34.4 Å². The first-order valence-electron chi connectivity index (χ1n) is 6.26. The zero-order valence-electron chi connectivity index (χ0n) is 11.6. The molecular weight excluding hydrogens is 275 g/mol. The van der Waals surface area contributed by atoms with Crippen molar-refractivity contribution in [3.05, 3.63) is 18.0 Å². The highest BCUT2D eigenvalue weighted by atomic mass is 19.4. The van der Waals surface area contributed by atoms with Gasteiger partial charge in [-0.3, -0.25) is 4.68 Å². The molecule has 0 aliphatic rings. The summed E-state index contributed by atoms with van der Waals surface area (Å²) in [7, 11) is 0. The van der Waals surface area contributed by atoms with Crippen LogP contribution in [0.3, 0.4) is 0 Å².